The lowest BCUT2D eigenvalue weighted by atomic mass is 9.95. The zero-order valence-corrected chi connectivity index (χ0v) is 15.8. The summed E-state index contributed by atoms with van der Waals surface area (Å²) in [6.45, 7) is 0.458. The Morgan fingerprint density at radius 3 is 2.14 bits per heavy atom. The van der Waals surface area contributed by atoms with Crippen molar-refractivity contribution >= 4 is 15.5 Å². The van der Waals surface area contributed by atoms with Gasteiger partial charge in [-0.05, 0) is 36.4 Å². The smallest absolute Gasteiger partial charge is 0.496 e. The lowest BCUT2D eigenvalue weighted by Crippen LogP contribution is -2.34. The van der Waals surface area contributed by atoms with E-state index < -0.39 is 26.3 Å². The van der Waals surface area contributed by atoms with Gasteiger partial charge in [0.15, 0.2) is 0 Å². The third-order valence-corrected chi connectivity index (χ3v) is 6.11. The predicted molar refractivity (Wildman–Crippen MR) is 95.2 cm³/mol. The molecule has 10 heteroatoms. The minimum Gasteiger partial charge on any atom is -0.496 e. The number of anilines is 1. The zero-order chi connectivity index (χ0) is 20.7. The standard InChI is InChI=1S/C18H18F3NO5S/c1-26-15-7-8-16(27-2)17-13(15)9-22(10-14(17)23)11-3-5-12(6-4-11)28(24,25)18(19,20)21/h3-8,14,23H,9-10H2,1-2H3. The van der Waals surface area contributed by atoms with Crippen LogP contribution in [0.4, 0.5) is 18.9 Å². The summed E-state index contributed by atoms with van der Waals surface area (Å²) >= 11 is 0. The Hall–Kier alpha value is -2.46. The summed E-state index contributed by atoms with van der Waals surface area (Å²) in [6.07, 6.45) is -0.924. The quantitative estimate of drug-likeness (QED) is 0.824. The number of β-amino-alcohol motifs (C(OH)–C–C–N with tert-alkyl or cyclic N) is 1. The first kappa shape index (κ1) is 20.3. The first-order valence-electron chi connectivity index (χ1n) is 8.18. The Balaban J connectivity index is 1.96. The highest BCUT2D eigenvalue weighted by Gasteiger charge is 2.46. The number of rotatable bonds is 4. The Labute approximate surface area is 160 Å². The van der Waals surface area contributed by atoms with Gasteiger partial charge in [-0.2, -0.15) is 13.2 Å². The summed E-state index contributed by atoms with van der Waals surface area (Å²) in [6, 6.07) is 7.76. The average Bonchev–Trinajstić information content (AvgIpc) is 2.66. The van der Waals surface area contributed by atoms with Gasteiger partial charge < -0.3 is 19.5 Å². The molecule has 2 aromatic rings. The van der Waals surface area contributed by atoms with Crippen LogP contribution < -0.4 is 14.4 Å². The fourth-order valence-electron chi connectivity index (χ4n) is 3.24. The number of sulfone groups is 1. The molecule has 152 valence electrons. The number of aliphatic hydroxyl groups is 1. The summed E-state index contributed by atoms with van der Waals surface area (Å²) in [7, 11) is -2.43. The van der Waals surface area contributed by atoms with Gasteiger partial charge in [0.05, 0.1) is 19.1 Å². The lowest BCUT2D eigenvalue weighted by Gasteiger charge is -2.35. The maximum absolute atomic E-state index is 12.7. The van der Waals surface area contributed by atoms with Crippen molar-refractivity contribution in [2.24, 2.45) is 0 Å². The van der Waals surface area contributed by atoms with Crippen molar-refractivity contribution in [1.82, 2.24) is 0 Å². The normalized spacial score (nSPS) is 17.2. The van der Waals surface area contributed by atoms with Gasteiger partial charge in [-0.3, -0.25) is 0 Å². The summed E-state index contributed by atoms with van der Waals surface area (Å²) in [5, 5.41) is 10.6. The van der Waals surface area contributed by atoms with E-state index in [9.17, 15) is 26.7 Å². The molecule has 0 aromatic heterocycles. The molecule has 28 heavy (non-hydrogen) atoms. The largest absolute Gasteiger partial charge is 0.501 e. The van der Waals surface area contributed by atoms with E-state index in [0.29, 0.717) is 34.9 Å². The highest BCUT2D eigenvalue weighted by molar-refractivity contribution is 7.92. The molecule has 6 nitrogen and oxygen atoms in total. The predicted octanol–water partition coefficient (Wildman–Crippen LogP) is 3.05. The number of benzene rings is 2. The molecule has 0 fully saturated rings. The number of methoxy groups -OCH3 is 2. The summed E-state index contributed by atoms with van der Waals surface area (Å²) in [5.41, 5.74) is -3.61. The molecule has 1 atom stereocenters. The van der Waals surface area contributed by atoms with Gasteiger partial charge in [-0.15, -0.1) is 0 Å². The highest BCUT2D eigenvalue weighted by atomic mass is 32.2. The number of aliphatic hydroxyl groups excluding tert-OH is 1. The SMILES string of the molecule is COc1ccc(OC)c2c1CN(c1ccc(S(=O)(=O)C(F)(F)F)cc1)CC2O. The molecule has 1 unspecified atom stereocenters. The number of ether oxygens (including phenoxy) is 2. The van der Waals surface area contributed by atoms with Crippen molar-refractivity contribution < 1.29 is 36.2 Å². The van der Waals surface area contributed by atoms with Gasteiger partial charge in [0.2, 0.25) is 0 Å². The number of alkyl halides is 3. The van der Waals surface area contributed by atoms with Gasteiger partial charge in [0.1, 0.15) is 17.6 Å². The molecule has 0 saturated carbocycles. The van der Waals surface area contributed by atoms with Crippen molar-refractivity contribution in [3.8, 4) is 11.5 Å². The summed E-state index contributed by atoms with van der Waals surface area (Å²) in [4.78, 5) is 0.889. The van der Waals surface area contributed by atoms with Crippen LogP contribution in [-0.4, -0.2) is 39.8 Å². The van der Waals surface area contributed by atoms with Crippen LogP contribution in [0.3, 0.4) is 0 Å². The first-order valence-corrected chi connectivity index (χ1v) is 9.66. The van der Waals surface area contributed by atoms with E-state index in [4.69, 9.17) is 9.47 Å². The number of halogens is 3. The molecule has 1 heterocycles. The van der Waals surface area contributed by atoms with Gasteiger partial charge in [0, 0.05) is 29.9 Å². The molecule has 0 saturated heterocycles. The van der Waals surface area contributed by atoms with Crippen LogP contribution in [0.2, 0.25) is 0 Å². The molecule has 0 radical (unpaired) electrons. The second-order valence-electron chi connectivity index (χ2n) is 6.20. The summed E-state index contributed by atoms with van der Waals surface area (Å²) in [5.74, 6) is 1.05. The first-order chi connectivity index (χ1) is 13.1. The monoisotopic (exact) mass is 417 g/mol. The van der Waals surface area contributed by atoms with Crippen LogP contribution >= 0.6 is 0 Å². The molecule has 0 amide bonds. The Morgan fingerprint density at radius 2 is 1.61 bits per heavy atom. The van der Waals surface area contributed by atoms with Crippen LogP contribution in [0, 0.1) is 0 Å². The van der Waals surface area contributed by atoms with E-state index in [1.807, 2.05) is 0 Å². The Morgan fingerprint density at radius 1 is 1.04 bits per heavy atom. The third-order valence-electron chi connectivity index (χ3n) is 4.61. The second-order valence-corrected chi connectivity index (χ2v) is 8.14. The van der Waals surface area contributed by atoms with Crippen molar-refractivity contribution in [2.75, 3.05) is 25.7 Å². The number of hydrogen-bond acceptors (Lipinski definition) is 6. The minimum absolute atomic E-state index is 0.155. The van der Waals surface area contributed by atoms with E-state index in [0.717, 1.165) is 12.1 Å². The van der Waals surface area contributed by atoms with Crippen LogP contribution in [0.15, 0.2) is 41.3 Å². The van der Waals surface area contributed by atoms with E-state index in [1.54, 1.807) is 17.0 Å². The van der Waals surface area contributed by atoms with Crippen LogP contribution in [0.25, 0.3) is 0 Å². The third kappa shape index (κ3) is 3.37. The molecule has 1 N–H and O–H groups in total. The van der Waals surface area contributed by atoms with Gasteiger partial charge in [0.25, 0.3) is 9.84 Å². The molecular formula is C18H18F3NO5S. The van der Waals surface area contributed by atoms with Crippen molar-refractivity contribution in [3.05, 3.63) is 47.5 Å². The van der Waals surface area contributed by atoms with Gasteiger partial charge >= 0.3 is 5.51 Å². The Bertz CT molecular complexity index is 974. The highest BCUT2D eigenvalue weighted by Crippen LogP contribution is 2.41. The zero-order valence-electron chi connectivity index (χ0n) is 15.0. The molecule has 0 aliphatic carbocycles. The number of fused-ring (bicyclic) bond motifs is 1. The fourth-order valence-corrected chi connectivity index (χ4v) is 4.00. The number of nitrogens with zero attached hydrogens (tertiary/aromatic N) is 1. The maximum Gasteiger partial charge on any atom is 0.501 e. The van der Waals surface area contributed by atoms with E-state index in [-0.39, 0.29) is 6.54 Å². The number of hydrogen-bond donors (Lipinski definition) is 1. The van der Waals surface area contributed by atoms with Crippen molar-refractivity contribution in [2.45, 2.75) is 23.1 Å². The summed E-state index contributed by atoms with van der Waals surface area (Å²) < 4.78 is 71.7. The molecule has 1 aliphatic heterocycles. The molecule has 0 spiro atoms. The van der Waals surface area contributed by atoms with Crippen LogP contribution in [0.1, 0.15) is 17.2 Å². The minimum atomic E-state index is -5.41. The van der Waals surface area contributed by atoms with Crippen LogP contribution in [0.5, 0.6) is 11.5 Å². The fraction of sp³-hybridized carbons (Fsp3) is 0.333. The molecule has 3 rings (SSSR count). The van der Waals surface area contributed by atoms with E-state index >= 15 is 0 Å². The van der Waals surface area contributed by atoms with Crippen molar-refractivity contribution in [3.63, 3.8) is 0 Å². The second kappa shape index (κ2) is 7.17. The van der Waals surface area contributed by atoms with Crippen LogP contribution in [-0.2, 0) is 16.4 Å². The lowest BCUT2D eigenvalue weighted by molar-refractivity contribution is -0.0436. The van der Waals surface area contributed by atoms with Gasteiger partial charge in [-0.1, -0.05) is 0 Å². The average molecular weight is 417 g/mol. The molecule has 0 bridgehead atoms. The Kier molecular flexibility index (Phi) is 5.20. The van der Waals surface area contributed by atoms with Gasteiger partial charge in [-0.25, -0.2) is 8.42 Å². The maximum atomic E-state index is 12.7. The topological polar surface area (TPSA) is 76.1 Å². The molecular weight excluding hydrogens is 399 g/mol. The van der Waals surface area contributed by atoms with E-state index in [2.05, 4.69) is 0 Å². The molecule has 1 aliphatic rings. The van der Waals surface area contributed by atoms with Crippen molar-refractivity contribution in [1.29, 1.82) is 0 Å². The molecule has 2 aromatic carbocycles. The van der Waals surface area contributed by atoms with E-state index in [1.165, 1.54) is 26.4 Å².